The van der Waals surface area contributed by atoms with Crippen molar-refractivity contribution >= 4 is 11.8 Å². The molecular weight excluding hydrogens is 192 g/mol. The van der Waals surface area contributed by atoms with Crippen LogP contribution in [0.5, 0.6) is 0 Å². The van der Waals surface area contributed by atoms with Crippen LogP contribution in [0.15, 0.2) is 12.7 Å². The molecule has 2 atom stereocenters. The lowest BCUT2D eigenvalue weighted by molar-refractivity contribution is -0.154. The zero-order valence-corrected chi connectivity index (χ0v) is 9.41. The van der Waals surface area contributed by atoms with Gasteiger partial charge in [-0.1, -0.05) is 13.0 Å². The van der Waals surface area contributed by atoms with Crippen LogP contribution >= 0.6 is 0 Å². The Morgan fingerprint density at radius 3 is 2.93 bits per heavy atom. The summed E-state index contributed by atoms with van der Waals surface area (Å²) >= 11 is 0. The van der Waals surface area contributed by atoms with E-state index in [0.29, 0.717) is 25.9 Å². The number of carbonyl (C=O) groups is 2. The van der Waals surface area contributed by atoms with Crippen LogP contribution in [-0.2, 0) is 14.3 Å². The summed E-state index contributed by atoms with van der Waals surface area (Å²) < 4.78 is 5.02. The van der Waals surface area contributed by atoms with E-state index in [1.165, 1.54) is 0 Å². The molecule has 0 spiro atoms. The fraction of sp³-hybridized carbons (Fsp3) is 0.667. The number of hydrogen-bond donors (Lipinski definition) is 0. The molecular formula is C12H18O3. The van der Waals surface area contributed by atoms with E-state index in [1.807, 2.05) is 6.92 Å². The summed E-state index contributed by atoms with van der Waals surface area (Å²) in [6, 6.07) is 0. The van der Waals surface area contributed by atoms with E-state index in [4.69, 9.17) is 4.74 Å². The fourth-order valence-corrected chi connectivity index (χ4v) is 2.12. The van der Waals surface area contributed by atoms with E-state index in [0.717, 1.165) is 0 Å². The number of carbonyl (C=O) groups excluding carboxylic acids is 2. The second kappa shape index (κ2) is 4.60. The van der Waals surface area contributed by atoms with Gasteiger partial charge >= 0.3 is 5.97 Å². The Labute approximate surface area is 90.5 Å². The lowest BCUT2D eigenvalue weighted by Crippen LogP contribution is -2.39. The first-order valence-corrected chi connectivity index (χ1v) is 5.35. The van der Waals surface area contributed by atoms with Crippen molar-refractivity contribution in [2.45, 2.75) is 33.1 Å². The fourth-order valence-electron chi connectivity index (χ4n) is 2.12. The molecule has 0 heterocycles. The summed E-state index contributed by atoms with van der Waals surface area (Å²) in [5, 5.41) is 0. The van der Waals surface area contributed by atoms with Crippen LogP contribution in [0, 0.1) is 11.3 Å². The lowest BCUT2D eigenvalue weighted by atomic mass is 9.67. The highest BCUT2D eigenvalue weighted by Gasteiger charge is 2.42. The van der Waals surface area contributed by atoms with Crippen molar-refractivity contribution in [2.24, 2.45) is 11.3 Å². The SMILES string of the molecule is C=C[C@]1(C)CC(=O)CC[C@H]1C(=O)OCC. The topological polar surface area (TPSA) is 43.4 Å². The zero-order valence-electron chi connectivity index (χ0n) is 9.41. The molecule has 0 aliphatic heterocycles. The molecule has 15 heavy (non-hydrogen) atoms. The first kappa shape index (κ1) is 12.0. The van der Waals surface area contributed by atoms with Gasteiger partial charge in [-0.3, -0.25) is 9.59 Å². The molecule has 1 aliphatic rings. The van der Waals surface area contributed by atoms with Crippen LogP contribution in [0.25, 0.3) is 0 Å². The van der Waals surface area contributed by atoms with Gasteiger partial charge in [0, 0.05) is 18.3 Å². The second-order valence-electron chi connectivity index (χ2n) is 4.27. The smallest absolute Gasteiger partial charge is 0.309 e. The standard InChI is InChI=1S/C12H18O3/c1-4-12(3)8-9(13)6-7-10(12)11(14)15-5-2/h4,10H,1,5-8H2,2-3H3/t10-,12+/m0/s1. The minimum absolute atomic E-state index is 0.201. The summed E-state index contributed by atoms with van der Waals surface area (Å²) in [6.07, 6.45) is 3.18. The maximum Gasteiger partial charge on any atom is 0.309 e. The van der Waals surface area contributed by atoms with Crippen molar-refractivity contribution in [3.05, 3.63) is 12.7 Å². The maximum atomic E-state index is 11.7. The van der Waals surface area contributed by atoms with Gasteiger partial charge in [-0.05, 0) is 13.3 Å². The quantitative estimate of drug-likeness (QED) is 0.529. The summed E-state index contributed by atoms with van der Waals surface area (Å²) in [6.45, 7) is 7.80. The van der Waals surface area contributed by atoms with E-state index in [2.05, 4.69) is 6.58 Å². The molecule has 0 aromatic heterocycles. The molecule has 3 heteroatoms. The summed E-state index contributed by atoms with van der Waals surface area (Å²) in [4.78, 5) is 23.1. The Kier molecular flexibility index (Phi) is 3.66. The molecule has 1 aliphatic carbocycles. The molecule has 0 bridgehead atoms. The van der Waals surface area contributed by atoms with E-state index in [-0.39, 0.29) is 17.7 Å². The van der Waals surface area contributed by atoms with Crippen LogP contribution in [0.3, 0.4) is 0 Å². The lowest BCUT2D eigenvalue weighted by Gasteiger charge is -2.36. The molecule has 0 aromatic rings. The number of esters is 1. The highest BCUT2D eigenvalue weighted by atomic mass is 16.5. The Hall–Kier alpha value is -1.12. The number of allylic oxidation sites excluding steroid dienone is 1. The van der Waals surface area contributed by atoms with E-state index in [9.17, 15) is 9.59 Å². The first-order valence-electron chi connectivity index (χ1n) is 5.35. The van der Waals surface area contributed by atoms with Crippen molar-refractivity contribution in [3.63, 3.8) is 0 Å². The second-order valence-corrected chi connectivity index (χ2v) is 4.27. The molecule has 3 nitrogen and oxygen atoms in total. The summed E-state index contributed by atoms with van der Waals surface area (Å²) in [7, 11) is 0. The Balaban J connectivity index is 2.82. The minimum Gasteiger partial charge on any atom is -0.466 e. The van der Waals surface area contributed by atoms with Gasteiger partial charge in [-0.15, -0.1) is 6.58 Å². The number of rotatable bonds is 3. The normalized spacial score (nSPS) is 31.1. The third-order valence-corrected chi connectivity index (χ3v) is 3.12. The van der Waals surface area contributed by atoms with E-state index >= 15 is 0 Å². The van der Waals surface area contributed by atoms with Gasteiger partial charge in [0.15, 0.2) is 0 Å². The Morgan fingerprint density at radius 1 is 1.73 bits per heavy atom. The largest absolute Gasteiger partial charge is 0.466 e. The van der Waals surface area contributed by atoms with Crippen LogP contribution < -0.4 is 0 Å². The highest BCUT2D eigenvalue weighted by Crippen LogP contribution is 2.41. The first-order chi connectivity index (χ1) is 7.03. The van der Waals surface area contributed by atoms with Gasteiger partial charge in [-0.2, -0.15) is 0 Å². The molecule has 0 aromatic carbocycles. The zero-order chi connectivity index (χ0) is 11.5. The molecule has 84 valence electrons. The Morgan fingerprint density at radius 2 is 2.40 bits per heavy atom. The average Bonchev–Trinajstić information content (AvgIpc) is 2.18. The van der Waals surface area contributed by atoms with Crippen LogP contribution in [0.1, 0.15) is 33.1 Å². The molecule has 0 N–H and O–H groups in total. The number of hydrogen-bond acceptors (Lipinski definition) is 3. The van der Waals surface area contributed by atoms with Gasteiger partial charge in [0.2, 0.25) is 0 Å². The molecule has 1 rings (SSSR count). The third kappa shape index (κ3) is 2.46. The van der Waals surface area contributed by atoms with Crippen LogP contribution in [0.2, 0.25) is 0 Å². The van der Waals surface area contributed by atoms with Gasteiger partial charge in [-0.25, -0.2) is 0 Å². The van der Waals surface area contributed by atoms with Crippen molar-refractivity contribution in [1.82, 2.24) is 0 Å². The monoisotopic (exact) mass is 210 g/mol. The molecule has 1 fully saturated rings. The number of ketones is 1. The molecule has 0 amide bonds. The third-order valence-electron chi connectivity index (χ3n) is 3.12. The van der Waals surface area contributed by atoms with Gasteiger partial charge in [0.05, 0.1) is 12.5 Å². The summed E-state index contributed by atoms with van der Waals surface area (Å²) in [5.74, 6) is -0.210. The van der Waals surface area contributed by atoms with Crippen molar-refractivity contribution in [1.29, 1.82) is 0 Å². The van der Waals surface area contributed by atoms with Crippen molar-refractivity contribution < 1.29 is 14.3 Å². The summed E-state index contributed by atoms with van der Waals surface area (Å²) in [5.41, 5.74) is -0.429. The Bertz CT molecular complexity index is 283. The van der Waals surface area contributed by atoms with E-state index < -0.39 is 5.41 Å². The number of Topliss-reactive ketones (excluding diaryl/α,β-unsaturated/α-hetero) is 1. The maximum absolute atomic E-state index is 11.7. The van der Waals surface area contributed by atoms with Crippen LogP contribution in [-0.4, -0.2) is 18.4 Å². The highest BCUT2D eigenvalue weighted by molar-refractivity contribution is 5.84. The predicted molar refractivity (Wildman–Crippen MR) is 57.3 cm³/mol. The van der Waals surface area contributed by atoms with Crippen LogP contribution in [0.4, 0.5) is 0 Å². The minimum atomic E-state index is -0.429. The molecule has 1 saturated carbocycles. The van der Waals surface area contributed by atoms with Gasteiger partial charge in [0.1, 0.15) is 5.78 Å². The average molecular weight is 210 g/mol. The number of ether oxygens (including phenoxy) is 1. The van der Waals surface area contributed by atoms with Crippen molar-refractivity contribution in [3.8, 4) is 0 Å². The van der Waals surface area contributed by atoms with E-state index in [1.54, 1.807) is 13.0 Å². The molecule has 0 radical (unpaired) electrons. The van der Waals surface area contributed by atoms with Crippen molar-refractivity contribution in [2.75, 3.05) is 6.61 Å². The van der Waals surface area contributed by atoms with Gasteiger partial charge < -0.3 is 4.74 Å². The predicted octanol–water partition coefficient (Wildman–Crippen LogP) is 2.11. The molecule has 0 unspecified atom stereocenters. The van der Waals surface area contributed by atoms with Gasteiger partial charge in [0.25, 0.3) is 0 Å². The molecule has 0 saturated heterocycles.